The smallest absolute Gasteiger partial charge is 0.266 e. The first kappa shape index (κ1) is 14.6. The fourth-order valence-electron chi connectivity index (χ4n) is 2.62. The third kappa shape index (κ3) is 2.72. The molecule has 1 aromatic heterocycles. The Morgan fingerprint density at radius 2 is 1.65 bits per heavy atom. The van der Waals surface area contributed by atoms with E-state index in [1.807, 2.05) is 30.3 Å². The van der Waals surface area contributed by atoms with Gasteiger partial charge in [0, 0.05) is 11.3 Å². The number of H-pyrrole nitrogens is 1. The van der Waals surface area contributed by atoms with Gasteiger partial charge in [0.25, 0.3) is 5.56 Å². The highest BCUT2D eigenvalue weighted by Gasteiger charge is 2.14. The number of benzene rings is 2. The van der Waals surface area contributed by atoms with Crippen molar-refractivity contribution in [2.45, 2.75) is 6.92 Å². The van der Waals surface area contributed by atoms with Gasteiger partial charge in [0.1, 0.15) is 17.4 Å². The summed E-state index contributed by atoms with van der Waals surface area (Å²) >= 11 is 0. The van der Waals surface area contributed by atoms with Crippen molar-refractivity contribution in [1.29, 1.82) is 5.26 Å². The molecule has 0 aliphatic rings. The van der Waals surface area contributed by atoms with E-state index in [1.165, 1.54) is 0 Å². The maximum absolute atomic E-state index is 12.0. The van der Waals surface area contributed by atoms with Crippen molar-refractivity contribution in [1.82, 2.24) is 4.98 Å². The van der Waals surface area contributed by atoms with E-state index in [4.69, 9.17) is 0 Å². The molecule has 1 heterocycles. The summed E-state index contributed by atoms with van der Waals surface area (Å²) in [6, 6.07) is 18.2. The lowest BCUT2D eigenvalue weighted by Crippen LogP contribution is -2.12. The van der Waals surface area contributed by atoms with Crippen molar-refractivity contribution in [3.8, 4) is 34.1 Å². The highest BCUT2D eigenvalue weighted by Crippen LogP contribution is 2.33. The van der Waals surface area contributed by atoms with Crippen LogP contribution in [0.3, 0.4) is 0 Å². The molecule has 0 radical (unpaired) electrons. The zero-order valence-corrected chi connectivity index (χ0v) is 12.5. The number of nitrogens with one attached hydrogen (secondary N) is 1. The standard InChI is InChI=1S/C19H14N2O2/c1-12-10-17(18(11-20)19(23)21-12)16-5-3-2-4-15(16)13-6-8-14(22)9-7-13/h2-10,22H,1H3,(H,21,23). The van der Waals surface area contributed by atoms with Crippen LogP contribution in [0.2, 0.25) is 0 Å². The molecule has 0 aliphatic carbocycles. The summed E-state index contributed by atoms with van der Waals surface area (Å²) in [4.78, 5) is 14.7. The normalized spacial score (nSPS) is 10.3. The molecule has 4 nitrogen and oxygen atoms in total. The van der Waals surface area contributed by atoms with Crippen LogP contribution in [-0.2, 0) is 0 Å². The molecular formula is C19H14N2O2. The molecule has 112 valence electrons. The molecule has 0 saturated carbocycles. The summed E-state index contributed by atoms with van der Waals surface area (Å²) in [6.07, 6.45) is 0. The summed E-state index contributed by atoms with van der Waals surface area (Å²) < 4.78 is 0. The fourth-order valence-corrected chi connectivity index (χ4v) is 2.62. The van der Waals surface area contributed by atoms with Gasteiger partial charge in [-0.05, 0) is 41.8 Å². The van der Waals surface area contributed by atoms with Crippen LogP contribution >= 0.6 is 0 Å². The van der Waals surface area contributed by atoms with Crippen LogP contribution in [0.5, 0.6) is 5.75 Å². The largest absolute Gasteiger partial charge is 0.508 e. The molecule has 0 saturated heterocycles. The van der Waals surface area contributed by atoms with E-state index in [0.717, 1.165) is 16.7 Å². The van der Waals surface area contributed by atoms with Gasteiger partial charge in [0.2, 0.25) is 0 Å². The van der Waals surface area contributed by atoms with Crippen molar-refractivity contribution in [2.75, 3.05) is 0 Å². The summed E-state index contributed by atoms with van der Waals surface area (Å²) in [5.41, 5.74) is 3.63. The summed E-state index contributed by atoms with van der Waals surface area (Å²) in [5, 5.41) is 18.8. The number of hydrogen-bond donors (Lipinski definition) is 2. The molecule has 0 fully saturated rings. The number of rotatable bonds is 2. The lowest BCUT2D eigenvalue weighted by Gasteiger charge is -2.12. The average Bonchev–Trinajstić information content (AvgIpc) is 2.55. The molecular weight excluding hydrogens is 288 g/mol. The van der Waals surface area contributed by atoms with Crippen LogP contribution in [-0.4, -0.2) is 10.1 Å². The predicted octanol–water partition coefficient (Wildman–Crippen LogP) is 3.59. The van der Waals surface area contributed by atoms with E-state index >= 15 is 0 Å². The monoisotopic (exact) mass is 302 g/mol. The first-order valence-corrected chi connectivity index (χ1v) is 7.13. The van der Waals surface area contributed by atoms with Gasteiger partial charge in [0.05, 0.1) is 0 Å². The van der Waals surface area contributed by atoms with Gasteiger partial charge in [-0.15, -0.1) is 0 Å². The van der Waals surface area contributed by atoms with Crippen LogP contribution in [0.15, 0.2) is 59.4 Å². The van der Waals surface area contributed by atoms with Gasteiger partial charge in [0.15, 0.2) is 0 Å². The molecule has 23 heavy (non-hydrogen) atoms. The first-order chi connectivity index (χ1) is 11.1. The van der Waals surface area contributed by atoms with Crippen molar-refractivity contribution in [3.63, 3.8) is 0 Å². The van der Waals surface area contributed by atoms with Crippen LogP contribution in [0.4, 0.5) is 0 Å². The average molecular weight is 302 g/mol. The van der Waals surface area contributed by atoms with Gasteiger partial charge in [-0.1, -0.05) is 36.4 Å². The highest BCUT2D eigenvalue weighted by molar-refractivity contribution is 5.85. The van der Waals surface area contributed by atoms with E-state index in [9.17, 15) is 15.2 Å². The van der Waals surface area contributed by atoms with E-state index in [0.29, 0.717) is 11.3 Å². The van der Waals surface area contributed by atoms with Crippen LogP contribution in [0.25, 0.3) is 22.3 Å². The second kappa shape index (κ2) is 5.82. The van der Waals surface area contributed by atoms with E-state index in [1.54, 1.807) is 37.3 Å². The third-order valence-electron chi connectivity index (χ3n) is 3.68. The number of aromatic hydroxyl groups is 1. The third-order valence-corrected chi connectivity index (χ3v) is 3.68. The second-order valence-corrected chi connectivity index (χ2v) is 5.27. The minimum Gasteiger partial charge on any atom is -0.508 e. The number of phenolic OH excluding ortho intramolecular Hbond substituents is 1. The lowest BCUT2D eigenvalue weighted by atomic mass is 9.92. The molecule has 2 aromatic carbocycles. The van der Waals surface area contributed by atoms with Crippen LogP contribution < -0.4 is 5.56 Å². The zero-order valence-electron chi connectivity index (χ0n) is 12.5. The quantitative estimate of drug-likeness (QED) is 0.759. The van der Waals surface area contributed by atoms with Gasteiger partial charge in [-0.2, -0.15) is 5.26 Å². The zero-order chi connectivity index (χ0) is 16.4. The first-order valence-electron chi connectivity index (χ1n) is 7.13. The predicted molar refractivity (Wildman–Crippen MR) is 89.1 cm³/mol. The van der Waals surface area contributed by atoms with Gasteiger partial charge in [-0.25, -0.2) is 0 Å². The minimum atomic E-state index is -0.386. The summed E-state index contributed by atoms with van der Waals surface area (Å²) in [7, 11) is 0. The molecule has 0 spiro atoms. The van der Waals surface area contributed by atoms with E-state index in [-0.39, 0.29) is 16.9 Å². The summed E-state index contributed by atoms with van der Waals surface area (Å²) in [5.74, 6) is 0.191. The number of aromatic nitrogens is 1. The number of nitrogens with zero attached hydrogens (tertiary/aromatic N) is 1. The Morgan fingerprint density at radius 3 is 2.30 bits per heavy atom. The fraction of sp³-hybridized carbons (Fsp3) is 0.0526. The number of nitriles is 1. The Labute approximate surface area is 133 Å². The second-order valence-electron chi connectivity index (χ2n) is 5.27. The van der Waals surface area contributed by atoms with Crippen molar-refractivity contribution in [3.05, 3.63) is 76.2 Å². The molecule has 0 aliphatic heterocycles. The Balaban J connectivity index is 2.29. The molecule has 0 bridgehead atoms. The Morgan fingerprint density at radius 1 is 1.00 bits per heavy atom. The molecule has 0 unspecified atom stereocenters. The molecule has 3 rings (SSSR count). The van der Waals surface area contributed by atoms with E-state index in [2.05, 4.69) is 4.98 Å². The maximum atomic E-state index is 12.0. The number of pyridine rings is 1. The number of phenols is 1. The van der Waals surface area contributed by atoms with Crippen molar-refractivity contribution >= 4 is 0 Å². The molecule has 0 atom stereocenters. The van der Waals surface area contributed by atoms with Crippen LogP contribution in [0, 0.1) is 18.3 Å². The number of aromatic amines is 1. The highest BCUT2D eigenvalue weighted by atomic mass is 16.3. The van der Waals surface area contributed by atoms with Gasteiger partial charge in [-0.3, -0.25) is 4.79 Å². The molecule has 0 amide bonds. The Kier molecular flexibility index (Phi) is 3.70. The Bertz CT molecular complexity index is 964. The minimum absolute atomic E-state index is 0.0989. The van der Waals surface area contributed by atoms with Gasteiger partial charge < -0.3 is 10.1 Å². The van der Waals surface area contributed by atoms with Gasteiger partial charge >= 0.3 is 0 Å². The van der Waals surface area contributed by atoms with E-state index < -0.39 is 0 Å². The molecule has 4 heteroatoms. The topological polar surface area (TPSA) is 76.9 Å². The summed E-state index contributed by atoms with van der Waals surface area (Å²) in [6.45, 7) is 1.79. The van der Waals surface area contributed by atoms with Crippen LogP contribution in [0.1, 0.15) is 11.3 Å². The Hall–Kier alpha value is -3.32. The van der Waals surface area contributed by atoms with Crippen molar-refractivity contribution < 1.29 is 5.11 Å². The number of hydrogen-bond acceptors (Lipinski definition) is 3. The molecule has 2 N–H and O–H groups in total. The SMILES string of the molecule is Cc1cc(-c2ccccc2-c2ccc(O)cc2)c(C#N)c(=O)[nH]1. The van der Waals surface area contributed by atoms with Crippen molar-refractivity contribution in [2.24, 2.45) is 0 Å². The number of aryl methyl sites for hydroxylation is 1. The lowest BCUT2D eigenvalue weighted by molar-refractivity contribution is 0.475. The molecule has 3 aromatic rings. The maximum Gasteiger partial charge on any atom is 0.266 e.